The second-order valence-corrected chi connectivity index (χ2v) is 5.59. The zero-order valence-electron chi connectivity index (χ0n) is 11.8. The molecule has 1 saturated carbocycles. The van der Waals surface area contributed by atoms with Gasteiger partial charge in [-0.15, -0.1) is 0 Å². The molecule has 0 bridgehead atoms. The third-order valence-electron chi connectivity index (χ3n) is 4.11. The summed E-state index contributed by atoms with van der Waals surface area (Å²) in [6, 6.07) is 7.76. The van der Waals surface area contributed by atoms with Crippen LogP contribution in [-0.4, -0.2) is 25.2 Å². The van der Waals surface area contributed by atoms with Gasteiger partial charge in [0.05, 0.1) is 5.56 Å². The lowest BCUT2D eigenvalue weighted by Gasteiger charge is -2.22. The molecule has 1 aromatic rings. The number of rotatable bonds is 3. The molecule has 3 heteroatoms. The van der Waals surface area contributed by atoms with Crippen LogP contribution in [0, 0.1) is 0 Å². The molecule has 0 atom stereocenters. The first-order valence-corrected chi connectivity index (χ1v) is 7.54. The molecule has 0 unspecified atom stereocenters. The average molecular weight is 271 g/mol. The Kier molecular flexibility index (Phi) is 4.05. The summed E-state index contributed by atoms with van der Waals surface area (Å²) in [5.41, 5.74) is 1.82. The molecule has 2 aliphatic rings. The van der Waals surface area contributed by atoms with E-state index in [1.807, 2.05) is 24.3 Å². The Bertz CT molecular complexity index is 478. The van der Waals surface area contributed by atoms with Crippen molar-refractivity contribution in [2.45, 2.75) is 38.2 Å². The summed E-state index contributed by atoms with van der Waals surface area (Å²) in [7, 11) is 0. The van der Waals surface area contributed by atoms with Crippen molar-refractivity contribution in [3.63, 3.8) is 0 Å². The van der Waals surface area contributed by atoms with Crippen LogP contribution in [0.25, 0.3) is 0 Å². The number of hydrogen-bond donors (Lipinski definition) is 0. The molecule has 0 aromatic heterocycles. The fourth-order valence-electron chi connectivity index (χ4n) is 2.90. The number of carbonyl (C=O) groups is 1. The van der Waals surface area contributed by atoms with Gasteiger partial charge in [0.15, 0.2) is 0 Å². The summed E-state index contributed by atoms with van der Waals surface area (Å²) in [5, 5.41) is 0. The van der Waals surface area contributed by atoms with Crippen LogP contribution in [0.15, 0.2) is 36.4 Å². The van der Waals surface area contributed by atoms with Gasteiger partial charge in [0.25, 0.3) is 0 Å². The Balaban J connectivity index is 1.60. The van der Waals surface area contributed by atoms with Crippen LogP contribution >= 0.6 is 0 Å². The van der Waals surface area contributed by atoms with Gasteiger partial charge in [0.2, 0.25) is 0 Å². The van der Waals surface area contributed by atoms with Crippen molar-refractivity contribution in [3.05, 3.63) is 42.0 Å². The van der Waals surface area contributed by atoms with Crippen LogP contribution in [0.4, 0.5) is 5.69 Å². The van der Waals surface area contributed by atoms with E-state index in [0.717, 1.165) is 31.6 Å². The van der Waals surface area contributed by atoms with Crippen LogP contribution in [0.5, 0.6) is 0 Å². The zero-order valence-corrected chi connectivity index (χ0v) is 11.8. The van der Waals surface area contributed by atoms with Crippen molar-refractivity contribution >= 4 is 11.7 Å². The third-order valence-corrected chi connectivity index (χ3v) is 4.11. The van der Waals surface area contributed by atoms with Gasteiger partial charge >= 0.3 is 5.97 Å². The lowest BCUT2D eigenvalue weighted by molar-refractivity contribution is 0.0211. The van der Waals surface area contributed by atoms with Crippen LogP contribution in [0.2, 0.25) is 0 Å². The minimum absolute atomic E-state index is 0.124. The van der Waals surface area contributed by atoms with E-state index in [4.69, 9.17) is 4.74 Å². The molecule has 20 heavy (non-hydrogen) atoms. The average Bonchev–Trinajstić information content (AvgIpc) is 3.03. The van der Waals surface area contributed by atoms with E-state index < -0.39 is 0 Å². The quantitative estimate of drug-likeness (QED) is 0.622. The molecule has 0 saturated heterocycles. The van der Waals surface area contributed by atoms with Gasteiger partial charge in [0, 0.05) is 18.8 Å². The van der Waals surface area contributed by atoms with E-state index in [1.165, 1.54) is 19.3 Å². The number of nitrogens with zero attached hydrogens (tertiary/aromatic N) is 1. The van der Waals surface area contributed by atoms with Crippen molar-refractivity contribution in [1.82, 2.24) is 0 Å². The molecule has 0 amide bonds. The second kappa shape index (κ2) is 6.12. The Morgan fingerprint density at radius 1 is 1.00 bits per heavy atom. The first-order chi connectivity index (χ1) is 9.83. The van der Waals surface area contributed by atoms with Crippen molar-refractivity contribution in [2.75, 3.05) is 18.0 Å². The number of ether oxygens (including phenoxy) is 1. The SMILES string of the molecule is O=C(OC1CCCCC1)c1ccc(N2CC=CC2)cc1. The number of benzene rings is 1. The summed E-state index contributed by atoms with van der Waals surface area (Å²) in [6.45, 7) is 1.90. The Morgan fingerprint density at radius 3 is 2.30 bits per heavy atom. The highest BCUT2D eigenvalue weighted by atomic mass is 16.5. The summed E-state index contributed by atoms with van der Waals surface area (Å²) < 4.78 is 5.58. The summed E-state index contributed by atoms with van der Waals surface area (Å²) in [6.07, 6.45) is 10.1. The molecule has 3 nitrogen and oxygen atoms in total. The van der Waals surface area contributed by atoms with Crippen molar-refractivity contribution in [3.8, 4) is 0 Å². The number of esters is 1. The van der Waals surface area contributed by atoms with Crippen LogP contribution in [0.1, 0.15) is 42.5 Å². The van der Waals surface area contributed by atoms with Gasteiger partial charge in [0.1, 0.15) is 6.10 Å². The molecule has 1 aliphatic carbocycles. The molecule has 1 aliphatic heterocycles. The third kappa shape index (κ3) is 3.03. The number of carbonyl (C=O) groups excluding carboxylic acids is 1. The van der Waals surface area contributed by atoms with Gasteiger partial charge in [-0.1, -0.05) is 18.6 Å². The monoisotopic (exact) mass is 271 g/mol. The lowest BCUT2D eigenvalue weighted by atomic mass is 9.98. The second-order valence-electron chi connectivity index (χ2n) is 5.59. The number of anilines is 1. The normalized spacial score (nSPS) is 19.3. The Labute approximate surface area is 120 Å². The molecule has 0 spiro atoms. The highest BCUT2D eigenvalue weighted by Crippen LogP contribution is 2.22. The maximum atomic E-state index is 12.1. The van der Waals surface area contributed by atoms with E-state index >= 15 is 0 Å². The van der Waals surface area contributed by atoms with E-state index in [0.29, 0.717) is 5.56 Å². The van der Waals surface area contributed by atoms with Gasteiger partial charge in [-0.2, -0.15) is 0 Å². The van der Waals surface area contributed by atoms with Gasteiger partial charge in [-0.25, -0.2) is 4.79 Å². The van der Waals surface area contributed by atoms with Gasteiger partial charge < -0.3 is 9.64 Å². The fraction of sp³-hybridized carbons (Fsp3) is 0.471. The van der Waals surface area contributed by atoms with Gasteiger partial charge in [-0.3, -0.25) is 0 Å². The van der Waals surface area contributed by atoms with E-state index in [2.05, 4.69) is 17.1 Å². The van der Waals surface area contributed by atoms with E-state index in [9.17, 15) is 4.79 Å². The molecular weight excluding hydrogens is 250 g/mol. The summed E-state index contributed by atoms with van der Waals surface area (Å²) in [4.78, 5) is 14.4. The first kappa shape index (κ1) is 13.2. The highest BCUT2D eigenvalue weighted by Gasteiger charge is 2.19. The molecule has 1 fully saturated rings. The van der Waals surface area contributed by atoms with Crippen LogP contribution < -0.4 is 4.90 Å². The Morgan fingerprint density at radius 2 is 1.65 bits per heavy atom. The molecule has 106 valence electrons. The zero-order chi connectivity index (χ0) is 13.8. The molecule has 1 heterocycles. The number of hydrogen-bond acceptors (Lipinski definition) is 3. The van der Waals surface area contributed by atoms with E-state index in [-0.39, 0.29) is 12.1 Å². The molecule has 0 N–H and O–H groups in total. The lowest BCUT2D eigenvalue weighted by Crippen LogP contribution is -2.21. The molecular formula is C17H21NO2. The van der Waals surface area contributed by atoms with Crippen LogP contribution in [-0.2, 0) is 4.74 Å². The Hall–Kier alpha value is -1.77. The van der Waals surface area contributed by atoms with E-state index in [1.54, 1.807) is 0 Å². The minimum atomic E-state index is -0.178. The van der Waals surface area contributed by atoms with Crippen molar-refractivity contribution in [2.24, 2.45) is 0 Å². The van der Waals surface area contributed by atoms with Crippen molar-refractivity contribution in [1.29, 1.82) is 0 Å². The van der Waals surface area contributed by atoms with Crippen LogP contribution in [0.3, 0.4) is 0 Å². The minimum Gasteiger partial charge on any atom is -0.459 e. The molecule has 1 aromatic carbocycles. The van der Waals surface area contributed by atoms with Crippen molar-refractivity contribution < 1.29 is 9.53 Å². The highest BCUT2D eigenvalue weighted by molar-refractivity contribution is 5.90. The summed E-state index contributed by atoms with van der Waals surface area (Å²) in [5.74, 6) is -0.178. The maximum absolute atomic E-state index is 12.1. The first-order valence-electron chi connectivity index (χ1n) is 7.54. The maximum Gasteiger partial charge on any atom is 0.338 e. The predicted molar refractivity (Wildman–Crippen MR) is 80.1 cm³/mol. The molecule has 0 radical (unpaired) electrons. The summed E-state index contributed by atoms with van der Waals surface area (Å²) >= 11 is 0. The standard InChI is InChI=1S/C17H21NO2/c19-17(20-16-6-2-1-3-7-16)14-8-10-15(11-9-14)18-12-4-5-13-18/h4-5,8-11,16H,1-3,6-7,12-13H2. The topological polar surface area (TPSA) is 29.5 Å². The largest absolute Gasteiger partial charge is 0.459 e. The smallest absolute Gasteiger partial charge is 0.338 e. The molecule has 3 rings (SSSR count). The predicted octanol–water partition coefficient (Wildman–Crippen LogP) is 3.55. The van der Waals surface area contributed by atoms with Gasteiger partial charge in [-0.05, 0) is 49.9 Å². The fourth-order valence-corrected chi connectivity index (χ4v) is 2.90.